The van der Waals surface area contributed by atoms with Crippen molar-refractivity contribution in [3.05, 3.63) is 18.1 Å². The number of ether oxygens (including phenoxy) is 1. The molecular weight excluding hydrogens is 286 g/mol. The first-order chi connectivity index (χ1) is 9.88. The Morgan fingerprint density at radius 2 is 2.05 bits per heavy atom. The molecule has 4 nitrogen and oxygen atoms in total. The summed E-state index contributed by atoms with van der Waals surface area (Å²) in [7, 11) is 0. The van der Waals surface area contributed by atoms with E-state index in [0.29, 0.717) is 5.92 Å². The number of fused-ring (bicyclic) bond motifs is 2. The van der Waals surface area contributed by atoms with Crippen molar-refractivity contribution in [3.8, 4) is 5.88 Å². The molecule has 1 aromatic heterocycles. The lowest BCUT2D eigenvalue weighted by molar-refractivity contribution is 0.279. The highest BCUT2D eigenvalue weighted by atomic mass is 35.5. The molecule has 0 N–H and O–H groups in total. The van der Waals surface area contributed by atoms with E-state index in [-0.39, 0.29) is 12.4 Å². The number of piperidine rings is 1. The molecule has 0 radical (unpaired) electrons. The van der Waals surface area contributed by atoms with Gasteiger partial charge in [0.05, 0.1) is 6.61 Å². The molecule has 0 saturated carbocycles. The van der Waals surface area contributed by atoms with E-state index in [1.165, 1.54) is 38.8 Å². The standard InChI is InChI=1S/C16H25N3O.ClH/c1-2-3-4-5-10-20-16-15(17-7-8-18-16)14-12-19-9-6-13(14)11-19;/h7-8,13-14H,2-6,9-12H2,1H3;1H. The maximum absolute atomic E-state index is 5.91. The summed E-state index contributed by atoms with van der Waals surface area (Å²) in [4.78, 5) is 11.5. The summed E-state index contributed by atoms with van der Waals surface area (Å²) in [6.07, 6.45) is 9.76. The summed E-state index contributed by atoms with van der Waals surface area (Å²) in [5.74, 6) is 2.07. The lowest BCUT2D eigenvalue weighted by Gasteiger charge is -2.22. The maximum Gasteiger partial charge on any atom is 0.235 e. The van der Waals surface area contributed by atoms with E-state index in [0.717, 1.165) is 37.1 Å². The number of hydrogen-bond acceptors (Lipinski definition) is 4. The highest BCUT2D eigenvalue weighted by molar-refractivity contribution is 5.85. The predicted octanol–water partition coefficient (Wildman–Crippen LogP) is 3.28. The van der Waals surface area contributed by atoms with Crippen LogP contribution in [0.1, 0.15) is 50.6 Å². The average Bonchev–Trinajstić information content (AvgIpc) is 3.10. The third-order valence-electron chi connectivity index (χ3n) is 4.61. The summed E-state index contributed by atoms with van der Waals surface area (Å²) in [6, 6.07) is 0. The number of hydrogen-bond donors (Lipinski definition) is 0. The Kier molecular flexibility index (Phi) is 6.24. The molecule has 2 aliphatic heterocycles. The van der Waals surface area contributed by atoms with Gasteiger partial charge in [-0.15, -0.1) is 12.4 Å². The number of rotatable bonds is 7. The van der Waals surface area contributed by atoms with Gasteiger partial charge in [-0.05, 0) is 25.3 Å². The predicted molar refractivity (Wildman–Crippen MR) is 86.2 cm³/mol. The smallest absolute Gasteiger partial charge is 0.235 e. The second-order valence-electron chi connectivity index (χ2n) is 6.07. The van der Waals surface area contributed by atoms with E-state index < -0.39 is 0 Å². The van der Waals surface area contributed by atoms with Gasteiger partial charge in [0.2, 0.25) is 5.88 Å². The molecule has 3 heterocycles. The first-order valence-corrected chi connectivity index (χ1v) is 8.04. The minimum atomic E-state index is 0. The second kappa shape index (κ2) is 7.95. The zero-order valence-corrected chi connectivity index (χ0v) is 13.6. The molecular formula is C16H26ClN3O. The lowest BCUT2D eigenvalue weighted by atomic mass is 9.90. The molecule has 1 aromatic rings. The summed E-state index contributed by atoms with van der Waals surface area (Å²) in [5.41, 5.74) is 1.09. The van der Waals surface area contributed by atoms with Gasteiger partial charge in [0, 0.05) is 31.4 Å². The SMILES string of the molecule is CCCCCCOc1nccnc1C1CN2CCC1C2.Cl. The monoisotopic (exact) mass is 311 g/mol. The summed E-state index contributed by atoms with van der Waals surface area (Å²) < 4.78 is 5.91. The quantitative estimate of drug-likeness (QED) is 0.724. The fraction of sp³-hybridized carbons (Fsp3) is 0.750. The number of unbranched alkanes of at least 4 members (excludes halogenated alkanes) is 3. The van der Waals surface area contributed by atoms with E-state index in [9.17, 15) is 0 Å². The third-order valence-corrected chi connectivity index (χ3v) is 4.61. The van der Waals surface area contributed by atoms with E-state index in [4.69, 9.17) is 4.74 Å². The van der Waals surface area contributed by atoms with Crippen LogP contribution in [0.5, 0.6) is 5.88 Å². The fourth-order valence-electron chi connectivity index (χ4n) is 3.49. The molecule has 0 aromatic carbocycles. The molecule has 0 aliphatic carbocycles. The van der Waals surface area contributed by atoms with E-state index >= 15 is 0 Å². The Balaban J connectivity index is 0.00000161. The molecule has 2 aliphatic rings. The molecule has 0 amide bonds. The molecule has 2 fully saturated rings. The topological polar surface area (TPSA) is 38.3 Å². The molecule has 2 bridgehead atoms. The van der Waals surface area contributed by atoms with Gasteiger partial charge in [0.15, 0.2) is 0 Å². The molecule has 21 heavy (non-hydrogen) atoms. The number of halogens is 1. The Bertz CT molecular complexity index is 443. The molecule has 118 valence electrons. The molecule has 0 spiro atoms. The minimum absolute atomic E-state index is 0. The average molecular weight is 312 g/mol. The van der Waals surface area contributed by atoms with Gasteiger partial charge >= 0.3 is 0 Å². The molecule has 3 rings (SSSR count). The van der Waals surface area contributed by atoms with E-state index in [2.05, 4.69) is 21.8 Å². The van der Waals surface area contributed by atoms with Gasteiger partial charge in [-0.2, -0.15) is 0 Å². The van der Waals surface area contributed by atoms with Gasteiger partial charge in [0.1, 0.15) is 5.69 Å². The van der Waals surface area contributed by atoms with Gasteiger partial charge < -0.3 is 9.64 Å². The van der Waals surface area contributed by atoms with Crippen LogP contribution in [-0.2, 0) is 0 Å². The Morgan fingerprint density at radius 3 is 2.76 bits per heavy atom. The first-order valence-electron chi connectivity index (χ1n) is 8.04. The minimum Gasteiger partial charge on any atom is -0.476 e. The Hall–Kier alpha value is -0.870. The van der Waals surface area contributed by atoms with Crippen molar-refractivity contribution in [1.29, 1.82) is 0 Å². The van der Waals surface area contributed by atoms with Crippen LogP contribution >= 0.6 is 12.4 Å². The zero-order valence-electron chi connectivity index (χ0n) is 12.8. The summed E-state index contributed by atoms with van der Waals surface area (Å²) in [6.45, 7) is 6.63. The van der Waals surface area contributed by atoms with Crippen LogP contribution in [0.25, 0.3) is 0 Å². The van der Waals surface area contributed by atoms with E-state index in [1.54, 1.807) is 12.4 Å². The van der Waals surface area contributed by atoms with Crippen molar-refractivity contribution < 1.29 is 4.74 Å². The van der Waals surface area contributed by atoms with Gasteiger partial charge in [-0.25, -0.2) is 4.98 Å². The summed E-state index contributed by atoms with van der Waals surface area (Å²) >= 11 is 0. The second-order valence-corrected chi connectivity index (χ2v) is 6.07. The number of aromatic nitrogens is 2. The first kappa shape index (κ1) is 16.5. The van der Waals surface area contributed by atoms with Crippen LogP contribution in [0.15, 0.2) is 12.4 Å². The van der Waals surface area contributed by atoms with Crippen LogP contribution in [-0.4, -0.2) is 41.1 Å². The molecule has 3 atom stereocenters. The van der Waals surface area contributed by atoms with Crippen LogP contribution < -0.4 is 4.74 Å². The van der Waals surface area contributed by atoms with E-state index in [1.807, 2.05) is 0 Å². The van der Waals surface area contributed by atoms with Gasteiger partial charge in [0.25, 0.3) is 0 Å². The normalized spacial score (nSPS) is 26.6. The van der Waals surface area contributed by atoms with Crippen LogP contribution in [0.2, 0.25) is 0 Å². The fourth-order valence-corrected chi connectivity index (χ4v) is 3.49. The largest absolute Gasteiger partial charge is 0.476 e. The highest BCUT2D eigenvalue weighted by Gasteiger charge is 2.40. The van der Waals surface area contributed by atoms with Gasteiger partial charge in [-0.3, -0.25) is 4.98 Å². The third kappa shape index (κ3) is 3.86. The van der Waals surface area contributed by atoms with Crippen molar-refractivity contribution in [2.75, 3.05) is 26.2 Å². The Morgan fingerprint density at radius 1 is 1.19 bits per heavy atom. The van der Waals surface area contributed by atoms with Crippen molar-refractivity contribution >= 4 is 12.4 Å². The molecule has 3 unspecified atom stereocenters. The lowest BCUT2D eigenvalue weighted by Crippen LogP contribution is -2.23. The molecule has 5 heteroatoms. The van der Waals surface area contributed by atoms with Crippen LogP contribution in [0.3, 0.4) is 0 Å². The van der Waals surface area contributed by atoms with Crippen molar-refractivity contribution in [2.24, 2.45) is 5.92 Å². The van der Waals surface area contributed by atoms with Crippen molar-refractivity contribution in [1.82, 2.24) is 14.9 Å². The Labute approximate surface area is 133 Å². The highest BCUT2D eigenvalue weighted by Crippen LogP contribution is 2.41. The maximum atomic E-state index is 5.91. The number of nitrogens with zero attached hydrogens (tertiary/aromatic N) is 3. The van der Waals surface area contributed by atoms with Gasteiger partial charge in [-0.1, -0.05) is 26.2 Å². The van der Waals surface area contributed by atoms with Crippen molar-refractivity contribution in [3.63, 3.8) is 0 Å². The van der Waals surface area contributed by atoms with Crippen LogP contribution in [0, 0.1) is 5.92 Å². The summed E-state index contributed by atoms with van der Waals surface area (Å²) in [5, 5.41) is 0. The zero-order chi connectivity index (χ0) is 13.8. The van der Waals surface area contributed by atoms with Crippen molar-refractivity contribution in [2.45, 2.75) is 44.9 Å². The molecule has 2 saturated heterocycles. The van der Waals surface area contributed by atoms with Crippen LogP contribution in [0.4, 0.5) is 0 Å².